The maximum Gasteiger partial charge on any atom is 0.0962 e. The minimum absolute atomic E-state index is 0.302. The first-order chi connectivity index (χ1) is 13.2. The van der Waals surface area contributed by atoms with Gasteiger partial charge in [-0.3, -0.25) is 0 Å². The third-order valence-electron chi connectivity index (χ3n) is 5.30. The van der Waals surface area contributed by atoms with E-state index in [1.165, 1.54) is 12.0 Å². The lowest BCUT2D eigenvalue weighted by atomic mass is 10.1. The van der Waals surface area contributed by atoms with Crippen molar-refractivity contribution in [3.8, 4) is 0 Å². The molecule has 1 fully saturated rings. The van der Waals surface area contributed by atoms with Crippen LogP contribution in [0.3, 0.4) is 0 Å². The molecule has 0 radical (unpaired) electrons. The smallest absolute Gasteiger partial charge is 0.0962 e. The van der Waals surface area contributed by atoms with Crippen LogP contribution in [0.5, 0.6) is 0 Å². The zero-order valence-corrected chi connectivity index (χ0v) is 15.6. The molecule has 4 heteroatoms. The number of benzene rings is 2. The molecule has 4 nitrogen and oxygen atoms in total. The van der Waals surface area contributed by atoms with Crippen LogP contribution in [0.2, 0.25) is 0 Å². The van der Waals surface area contributed by atoms with Crippen molar-refractivity contribution < 1.29 is 0 Å². The van der Waals surface area contributed by atoms with E-state index in [0.717, 1.165) is 48.5 Å². The van der Waals surface area contributed by atoms with Gasteiger partial charge in [0.2, 0.25) is 0 Å². The zero-order valence-electron chi connectivity index (χ0n) is 15.6. The number of hydrogen-bond donors (Lipinski definition) is 1. The molecule has 1 aliphatic rings. The van der Waals surface area contributed by atoms with Crippen LogP contribution in [0.1, 0.15) is 18.4 Å². The molecule has 0 aliphatic carbocycles. The van der Waals surface area contributed by atoms with E-state index in [-0.39, 0.29) is 0 Å². The van der Waals surface area contributed by atoms with Gasteiger partial charge in [0.15, 0.2) is 0 Å². The molecule has 1 aromatic heterocycles. The molecule has 0 saturated carbocycles. The summed E-state index contributed by atoms with van der Waals surface area (Å²) in [4.78, 5) is 6.89. The lowest BCUT2D eigenvalue weighted by Gasteiger charge is -2.30. The number of fused-ring (bicyclic) bond motifs is 1. The summed E-state index contributed by atoms with van der Waals surface area (Å²) in [5.41, 5.74) is 5.64. The largest absolute Gasteiger partial charge is 0.383 e. The van der Waals surface area contributed by atoms with Crippen molar-refractivity contribution in [3.63, 3.8) is 0 Å². The number of nitrogens with one attached hydrogen (secondary N) is 1. The summed E-state index contributed by atoms with van der Waals surface area (Å²) < 4.78 is 2.17. The van der Waals surface area contributed by atoms with Gasteiger partial charge in [-0.1, -0.05) is 55.6 Å². The minimum Gasteiger partial charge on any atom is -0.383 e. The van der Waals surface area contributed by atoms with Crippen LogP contribution >= 0.6 is 0 Å². The third kappa shape index (κ3) is 3.75. The number of allylic oxidation sites excluding steroid dienone is 1. The molecule has 1 atom stereocenters. The van der Waals surface area contributed by atoms with Gasteiger partial charge >= 0.3 is 0 Å². The lowest BCUT2D eigenvalue weighted by molar-refractivity contribution is 0.327. The SMILES string of the molecule is C=C(NCc1ccccc1)C1CCCN1C(=C)Cn1cnc2ccccc21. The molecule has 3 aromatic rings. The first-order valence-corrected chi connectivity index (χ1v) is 9.53. The first kappa shape index (κ1) is 17.4. The van der Waals surface area contributed by atoms with Crippen molar-refractivity contribution in [1.29, 1.82) is 0 Å². The molecule has 1 unspecified atom stereocenters. The van der Waals surface area contributed by atoms with Gasteiger partial charge in [-0.25, -0.2) is 4.98 Å². The Kier molecular flexibility index (Phi) is 4.97. The standard InChI is InChI=1S/C23H26N4/c1-18(16-26-17-25-21-11-6-7-12-23(21)26)27-14-8-13-22(27)19(2)24-15-20-9-4-3-5-10-20/h3-7,9-12,17,22,24H,1-2,8,13-16H2. The molecule has 27 heavy (non-hydrogen) atoms. The number of para-hydroxylation sites is 2. The Morgan fingerprint density at radius 3 is 2.70 bits per heavy atom. The summed E-state index contributed by atoms with van der Waals surface area (Å²) in [7, 11) is 0. The van der Waals surface area contributed by atoms with Crippen molar-refractivity contribution in [3.05, 3.63) is 91.0 Å². The van der Waals surface area contributed by atoms with E-state index < -0.39 is 0 Å². The number of hydrogen-bond acceptors (Lipinski definition) is 3. The van der Waals surface area contributed by atoms with Gasteiger partial charge in [-0.05, 0) is 30.5 Å². The van der Waals surface area contributed by atoms with Crippen molar-refractivity contribution in [1.82, 2.24) is 19.8 Å². The molecule has 1 aliphatic heterocycles. The van der Waals surface area contributed by atoms with Gasteiger partial charge in [-0.2, -0.15) is 0 Å². The molecule has 2 aromatic carbocycles. The summed E-state index contributed by atoms with van der Waals surface area (Å²) in [5.74, 6) is 0. The Bertz CT molecular complexity index is 941. The van der Waals surface area contributed by atoms with E-state index in [0.29, 0.717) is 6.04 Å². The molecular formula is C23H26N4. The number of nitrogens with zero attached hydrogens (tertiary/aromatic N) is 3. The Labute approximate surface area is 160 Å². The summed E-state index contributed by atoms with van der Waals surface area (Å²) in [6, 6.07) is 19.0. The van der Waals surface area contributed by atoms with Crippen LogP contribution in [-0.2, 0) is 13.1 Å². The van der Waals surface area contributed by atoms with Crippen LogP contribution in [0, 0.1) is 0 Å². The van der Waals surface area contributed by atoms with Crippen LogP contribution in [-0.4, -0.2) is 27.0 Å². The average Bonchev–Trinajstić information content (AvgIpc) is 3.35. The highest BCUT2D eigenvalue weighted by atomic mass is 15.2. The summed E-state index contributed by atoms with van der Waals surface area (Å²) in [6.07, 6.45) is 4.19. The predicted molar refractivity (Wildman–Crippen MR) is 111 cm³/mol. The van der Waals surface area contributed by atoms with Gasteiger partial charge < -0.3 is 14.8 Å². The number of aromatic nitrogens is 2. The second-order valence-electron chi connectivity index (χ2n) is 7.14. The van der Waals surface area contributed by atoms with Gasteiger partial charge in [0.25, 0.3) is 0 Å². The van der Waals surface area contributed by atoms with Gasteiger partial charge in [0, 0.05) is 24.5 Å². The Morgan fingerprint density at radius 1 is 1.07 bits per heavy atom. The van der Waals surface area contributed by atoms with E-state index in [1.54, 1.807) is 0 Å². The lowest BCUT2D eigenvalue weighted by Crippen LogP contribution is -2.35. The van der Waals surface area contributed by atoms with Crippen molar-refractivity contribution in [2.24, 2.45) is 0 Å². The van der Waals surface area contributed by atoms with E-state index >= 15 is 0 Å². The summed E-state index contributed by atoms with van der Waals surface area (Å²) in [6.45, 7) is 11.3. The third-order valence-corrected chi connectivity index (χ3v) is 5.30. The van der Waals surface area contributed by atoms with Crippen molar-refractivity contribution >= 4 is 11.0 Å². The van der Waals surface area contributed by atoms with E-state index in [1.807, 2.05) is 24.5 Å². The second kappa shape index (κ2) is 7.70. The quantitative estimate of drug-likeness (QED) is 0.683. The number of imidazole rings is 1. The highest BCUT2D eigenvalue weighted by Crippen LogP contribution is 2.27. The Morgan fingerprint density at radius 2 is 1.85 bits per heavy atom. The molecular weight excluding hydrogens is 332 g/mol. The van der Waals surface area contributed by atoms with Crippen LogP contribution in [0.4, 0.5) is 0 Å². The van der Waals surface area contributed by atoms with Gasteiger partial charge in [0.1, 0.15) is 0 Å². The number of likely N-dealkylation sites (tertiary alicyclic amines) is 1. The zero-order chi connectivity index (χ0) is 18.6. The van der Waals surface area contributed by atoms with Crippen LogP contribution < -0.4 is 5.32 Å². The van der Waals surface area contributed by atoms with Gasteiger partial charge in [-0.15, -0.1) is 0 Å². The molecule has 1 saturated heterocycles. The van der Waals surface area contributed by atoms with Crippen molar-refractivity contribution in [2.75, 3.05) is 6.54 Å². The fraction of sp³-hybridized carbons (Fsp3) is 0.261. The van der Waals surface area contributed by atoms with E-state index in [9.17, 15) is 0 Å². The monoisotopic (exact) mass is 358 g/mol. The average molecular weight is 358 g/mol. The molecule has 138 valence electrons. The summed E-state index contributed by atoms with van der Waals surface area (Å²) in [5, 5.41) is 3.52. The maximum atomic E-state index is 4.49. The van der Waals surface area contributed by atoms with E-state index in [4.69, 9.17) is 0 Å². The van der Waals surface area contributed by atoms with Gasteiger partial charge in [0.05, 0.1) is 29.9 Å². The van der Waals surface area contributed by atoms with Crippen LogP contribution in [0.15, 0.2) is 85.5 Å². The van der Waals surface area contributed by atoms with Crippen molar-refractivity contribution in [2.45, 2.75) is 32.0 Å². The highest BCUT2D eigenvalue weighted by molar-refractivity contribution is 5.75. The molecule has 0 spiro atoms. The maximum absolute atomic E-state index is 4.49. The number of rotatable bonds is 7. The van der Waals surface area contributed by atoms with Crippen LogP contribution in [0.25, 0.3) is 11.0 Å². The van der Waals surface area contributed by atoms with E-state index in [2.05, 4.69) is 69.3 Å². The molecule has 2 heterocycles. The molecule has 4 rings (SSSR count). The fourth-order valence-electron chi connectivity index (χ4n) is 3.86. The molecule has 0 bridgehead atoms. The Balaban J connectivity index is 1.41. The topological polar surface area (TPSA) is 33.1 Å². The minimum atomic E-state index is 0.302. The first-order valence-electron chi connectivity index (χ1n) is 9.53. The second-order valence-corrected chi connectivity index (χ2v) is 7.14. The molecule has 0 amide bonds. The predicted octanol–water partition coefficient (Wildman–Crippen LogP) is 4.32. The Hall–Kier alpha value is -3.01. The normalized spacial score (nSPS) is 16.6. The highest BCUT2D eigenvalue weighted by Gasteiger charge is 2.27. The summed E-state index contributed by atoms with van der Waals surface area (Å²) >= 11 is 0. The fourth-order valence-corrected chi connectivity index (χ4v) is 3.86. The molecule has 1 N–H and O–H groups in total.